The Morgan fingerprint density at radius 3 is 1.28 bits per heavy atom. The third-order valence-electron chi connectivity index (χ3n) is 9.62. The number of aliphatic hydroxyl groups excluding tert-OH is 1. The van der Waals surface area contributed by atoms with Crippen LogP contribution in [0.2, 0.25) is 0 Å². The fourth-order valence-electron chi connectivity index (χ4n) is 5.98. The van der Waals surface area contributed by atoms with Crippen LogP contribution in [0, 0.1) is 17.8 Å². The summed E-state index contributed by atoms with van der Waals surface area (Å²) < 4.78 is 40.8. The second kappa shape index (κ2) is 26.8. The van der Waals surface area contributed by atoms with Crippen LogP contribution in [0.4, 0.5) is 9.59 Å². The van der Waals surface area contributed by atoms with Gasteiger partial charge in [-0.1, -0.05) is 33.9 Å². The topological polar surface area (TPSA) is 315 Å². The molecule has 0 aromatic heterocycles. The number of hydrogen-bond donors (Lipinski definition) is 4. The minimum atomic E-state index is -1.23. The molecule has 0 spiro atoms. The highest BCUT2D eigenvalue weighted by Gasteiger charge is 2.42. The SMILES string of the molecule is C=C(C)C(=O)O[C@H]1[C@H](C)OC(=O)C(N)COC(=O)[C@@H]1CC.[B]C(=O)NC1COC(=O)[C@H](CC)[C@@H](O)[C@H](C)OC1=O.[B]C(=O)NC1COC(=O)[C@H](CC)[C@@H](OC(=O)C(=C)C)[C@H](C)OC1=O. The van der Waals surface area contributed by atoms with Crippen molar-refractivity contribution in [1.82, 2.24) is 10.6 Å². The van der Waals surface area contributed by atoms with Crippen molar-refractivity contribution in [1.29, 1.82) is 0 Å². The van der Waals surface area contributed by atoms with Crippen molar-refractivity contribution in [3.63, 3.8) is 0 Å². The zero-order chi connectivity index (χ0) is 49.2. The average molecular weight is 906 g/mol. The highest BCUT2D eigenvalue weighted by Crippen LogP contribution is 2.25. The quantitative estimate of drug-likeness (QED) is 0.0995. The van der Waals surface area contributed by atoms with Crippen molar-refractivity contribution >= 4 is 75.1 Å². The lowest BCUT2D eigenvalue weighted by atomic mass is 9.95. The second-order valence-corrected chi connectivity index (χ2v) is 14.9. The van der Waals surface area contributed by atoms with E-state index in [2.05, 4.69) is 23.8 Å². The lowest BCUT2D eigenvalue weighted by molar-refractivity contribution is -0.172. The third-order valence-corrected chi connectivity index (χ3v) is 9.62. The molecule has 24 heteroatoms. The first-order chi connectivity index (χ1) is 29.8. The summed E-state index contributed by atoms with van der Waals surface area (Å²) in [5, 5.41) is 14.2. The number of aliphatic hydroxyl groups is 1. The van der Waals surface area contributed by atoms with Gasteiger partial charge in [-0.15, -0.1) is 0 Å². The zero-order valence-corrected chi connectivity index (χ0v) is 37.1. The molecule has 3 fully saturated rings. The van der Waals surface area contributed by atoms with Gasteiger partial charge >= 0.3 is 47.8 Å². The molecule has 0 bridgehead atoms. The number of esters is 8. The van der Waals surface area contributed by atoms with E-state index in [9.17, 15) is 53.1 Å². The summed E-state index contributed by atoms with van der Waals surface area (Å²) in [7, 11) is 9.90. The Bertz CT molecular complexity index is 1760. The molecule has 0 aliphatic carbocycles. The molecule has 22 nitrogen and oxygen atoms in total. The summed E-state index contributed by atoms with van der Waals surface area (Å²) in [6.45, 7) is 18.5. The Balaban J connectivity index is 0.000000483. The molecule has 0 aromatic rings. The van der Waals surface area contributed by atoms with E-state index in [0.717, 1.165) is 0 Å². The van der Waals surface area contributed by atoms with Gasteiger partial charge in [0.1, 0.15) is 50.3 Å². The molecule has 4 radical (unpaired) electrons. The number of ether oxygens (including phenoxy) is 8. The van der Waals surface area contributed by atoms with E-state index in [4.69, 9.17) is 59.3 Å². The van der Waals surface area contributed by atoms with E-state index >= 15 is 0 Å². The first-order valence-corrected chi connectivity index (χ1v) is 20.2. The molecule has 3 heterocycles. The average Bonchev–Trinajstić information content (AvgIpc) is 3.29. The van der Waals surface area contributed by atoms with Crippen LogP contribution >= 0.6 is 0 Å². The molecule has 3 aliphatic heterocycles. The Hall–Kier alpha value is -5.77. The van der Waals surface area contributed by atoms with Crippen LogP contribution in [-0.2, 0) is 76.3 Å². The largest absolute Gasteiger partial charge is 0.463 e. The van der Waals surface area contributed by atoms with Crippen LogP contribution in [0.15, 0.2) is 24.3 Å². The molecular weight excluding hydrogens is 848 g/mol. The highest BCUT2D eigenvalue weighted by molar-refractivity contribution is 6.57. The fraction of sp³-hybridized carbons (Fsp3) is 0.650. The van der Waals surface area contributed by atoms with Crippen molar-refractivity contribution < 1.29 is 90.9 Å². The third kappa shape index (κ3) is 17.4. The van der Waals surface area contributed by atoms with Crippen LogP contribution in [0.1, 0.15) is 74.7 Å². The molecule has 5 N–H and O–H groups in total. The van der Waals surface area contributed by atoms with Crippen molar-refractivity contribution in [3.05, 3.63) is 24.3 Å². The number of rotatable bonds is 9. The summed E-state index contributed by atoms with van der Waals surface area (Å²) in [5.41, 5.74) is 5.88. The van der Waals surface area contributed by atoms with Crippen molar-refractivity contribution in [2.45, 2.75) is 129 Å². The smallest absolute Gasteiger partial charge is 0.333 e. The molecule has 3 saturated heterocycles. The van der Waals surface area contributed by atoms with Gasteiger partial charge in [-0.25, -0.2) is 19.2 Å². The van der Waals surface area contributed by atoms with Gasteiger partial charge in [0.2, 0.25) is 15.7 Å². The molecule has 12 atom stereocenters. The summed E-state index contributed by atoms with van der Waals surface area (Å²) in [6, 6.07) is -3.46. The minimum absolute atomic E-state index is 0.143. The van der Waals surface area contributed by atoms with E-state index in [0.29, 0.717) is 19.3 Å². The number of nitrogens with one attached hydrogen (secondary N) is 2. The van der Waals surface area contributed by atoms with Gasteiger partial charge in [-0.3, -0.25) is 28.8 Å². The van der Waals surface area contributed by atoms with Gasteiger partial charge in [0, 0.05) is 11.1 Å². The first-order valence-electron chi connectivity index (χ1n) is 20.2. The maximum absolute atomic E-state index is 12.2. The van der Waals surface area contributed by atoms with E-state index in [1.807, 2.05) is 0 Å². The molecule has 0 aromatic carbocycles. The van der Waals surface area contributed by atoms with E-state index in [-0.39, 0.29) is 24.4 Å². The summed E-state index contributed by atoms with van der Waals surface area (Å²) in [4.78, 5) is 117. The summed E-state index contributed by atoms with van der Waals surface area (Å²) in [5.74, 6) is -9.85. The zero-order valence-electron chi connectivity index (χ0n) is 37.1. The fourth-order valence-corrected chi connectivity index (χ4v) is 5.98. The summed E-state index contributed by atoms with van der Waals surface area (Å²) in [6.07, 6.45) is -4.78. The number of cyclic esters (lactones) is 6. The second-order valence-electron chi connectivity index (χ2n) is 14.9. The number of carbonyl (C=O) groups excluding carboxylic acids is 10. The lowest BCUT2D eigenvalue weighted by Gasteiger charge is -2.28. The summed E-state index contributed by atoms with van der Waals surface area (Å²) >= 11 is 0. The number of carbonyl (C=O) groups is 10. The van der Waals surface area contributed by atoms with Crippen molar-refractivity contribution in [2.24, 2.45) is 23.5 Å². The minimum Gasteiger partial charge on any atom is -0.463 e. The van der Waals surface area contributed by atoms with E-state index in [1.54, 1.807) is 27.7 Å². The van der Waals surface area contributed by atoms with Crippen LogP contribution < -0.4 is 16.4 Å². The Morgan fingerprint density at radius 2 is 0.938 bits per heavy atom. The predicted molar refractivity (Wildman–Crippen MR) is 220 cm³/mol. The maximum Gasteiger partial charge on any atom is 0.333 e. The number of hydrogen-bond acceptors (Lipinski definition) is 20. The van der Waals surface area contributed by atoms with Crippen LogP contribution in [-0.4, -0.2) is 155 Å². The molecule has 352 valence electrons. The standard InChI is InChI=1S/C15H20BNO7.C14H21NO6.C11H16BNO6/c1-5-9-11(24-12(18)7(2)3)8(4)23-14(20)10(17-15(16)21)6-22-13(9)19;1-5-9-11(21-12(16)7(2)3)8(4)20-14(18)10(15)6-19-13(9)17;1-3-6-8(14)5(2)19-10(16)7(13-11(12)17)4-18-9(6)15/h8-11H,2,5-6H2,1,3-4H3,(H,17,21);8-11H,2,5-6,15H2,1,3-4H3;5-8,14H,3-4H2,1-2H3,(H,13,17)/t2*8-,9+,10?,11-;5-,6+,7?,8-/m000/s1. The molecular formula is C40H57B2N3O19. The van der Waals surface area contributed by atoms with E-state index < -0.39 is 138 Å². The number of nitrogens with two attached hydrogens (primary N) is 1. The first kappa shape index (κ1) is 56.2. The Morgan fingerprint density at radius 1 is 0.609 bits per heavy atom. The number of amides is 2. The van der Waals surface area contributed by atoms with Crippen LogP contribution in [0.25, 0.3) is 0 Å². The van der Waals surface area contributed by atoms with Crippen LogP contribution in [0.3, 0.4) is 0 Å². The molecule has 64 heavy (non-hydrogen) atoms. The van der Waals surface area contributed by atoms with Gasteiger partial charge in [-0.05, 0) is 53.9 Å². The van der Waals surface area contributed by atoms with Crippen molar-refractivity contribution in [3.8, 4) is 0 Å². The lowest BCUT2D eigenvalue weighted by Crippen LogP contribution is -2.46. The molecule has 3 unspecified atom stereocenters. The predicted octanol–water partition coefficient (Wildman–Crippen LogP) is -0.339. The maximum atomic E-state index is 12.2. The van der Waals surface area contributed by atoms with Gasteiger partial charge in [0.05, 0.1) is 17.8 Å². The monoisotopic (exact) mass is 905 g/mol. The van der Waals surface area contributed by atoms with Crippen LogP contribution in [0.5, 0.6) is 0 Å². The molecule has 2 amide bonds. The van der Waals surface area contributed by atoms with Gasteiger partial charge < -0.3 is 59.4 Å². The molecule has 3 aliphatic rings. The Labute approximate surface area is 373 Å². The molecule has 3 rings (SSSR count). The Kier molecular flexibility index (Phi) is 23.5. The normalized spacial score (nSPS) is 29.9. The van der Waals surface area contributed by atoms with Gasteiger partial charge in [0.15, 0.2) is 35.9 Å². The van der Waals surface area contributed by atoms with E-state index in [1.165, 1.54) is 27.7 Å². The highest BCUT2D eigenvalue weighted by atomic mass is 16.6. The van der Waals surface area contributed by atoms with Gasteiger partial charge in [0.25, 0.3) is 0 Å². The van der Waals surface area contributed by atoms with Gasteiger partial charge in [-0.2, -0.15) is 0 Å². The molecule has 0 saturated carbocycles. The van der Waals surface area contributed by atoms with Crippen molar-refractivity contribution in [2.75, 3.05) is 19.8 Å².